The second-order valence-electron chi connectivity index (χ2n) is 3.45. The number of carbonyl (C=O) groups is 2. The SMILES string of the molecule is COC(=O)CCNC(=O)c1ccc(OP(O)O)cc1. The molecule has 0 heterocycles. The lowest BCUT2D eigenvalue weighted by molar-refractivity contribution is -0.140. The molecule has 7 nitrogen and oxygen atoms in total. The number of methoxy groups -OCH3 is 1. The van der Waals surface area contributed by atoms with Gasteiger partial charge in [-0.25, -0.2) is 0 Å². The van der Waals surface area contributed by atoms with Gasteiger partial charge in [0.1, 0.15) is 5.75 Å². The molecule has 3 N–H and O–H groups in total. The lowest BCUT2D eigenvalue weighted by Gasteiger charge is -2.07. The molecule has 0 saturated carbocycles. The summed E-state index contributed by atoms with van der Waals surface area (Å²) in [6.45, 7) is 0.183. The zero-order valence-electron chi connectivity index (χ0n) is 10.2. The molecule has 104 valence electrons. The minimum atomic E-state index is -2.47. The van der Waals surface area contributed by atoms with Gasteiger partial charge in [0.2, 0.25) is 0 Å². The van der Waals surface area contributed by atoms with E-state index in [2.05, 4.69) is 14.6 Å². The number of hydrogen-bond acceptors (Lipinski definition) is 6. The first kappa shape index (κ1) is 15.4. The van der Waals surface area contributed by atoms with Crippen molar-refractivity contribution < 1.29 is 28.6 Å². The number of carbonyl (C=O) groups excluding carboxylic acids is 2. The normalized spacial score (nSPS) is 10.1. The van der Waals surface area contributed by atoms with Gasteiger partial charge in [-0.15, -0.1) is 0 Å². The van der Waals surface area contributed by atoms with Gasteiger partial charge in [0, 0.05) is 12.1 Å². The number of esters is 1. The van der Waals surface area contributed by atoms with Crippen molar-refractivity contribution in [2.24, 2.45) is 0 Å². The van der Waals surface area contributed by atoms with E-state index >= 15 is 0 Å². The fraction of sp³-hybridized carbons (Fsp3) is 0.273. The summed E-state index contributed by atoms with van der Waals surface area (Å²) < 4.78 is 9.10. The van der Waals surface area contributed by atoms with E-state index in [1.54, 1.807) is 0 Å². The quantitative estimate of drug-likeness (QED) is 0.522. The van der Waals surface area contributed by atoms with Crippen molar-refractivity contribution in [1.29, 1.82) is 0 Å². The Bertz CT molecular complexity index is 433. The maximum atomic E-state index is 11.6. The van der Waals surface area contributed by atoms with Crippen LogP contribution < -0.4 is 9.84 Å². The Hall–Kier alpha value is -1.69. The number of nitrogens with one attached hydrogen (secondary N) is 1. The minimum Gasteiger partial charge on any atom is -0.469 e. The van der Waals surface area contributed by atoms with E-state index in [0.29, 0.717) is 5.56 Å². The number of hydrogen-bond donors (Lipinski definition) is 3. The second kappa shape index (κ2) is 7.68. The lowest BCUT2D eigenvalue weighted by atomic mass is 10.2. The van der Waals surface area contributed by atoms with Crippen LogP contribution in [-0.2, 0) is 9.53 Å². The highest BCUT2D eigenvalue weighted by Crippen LogP contribution is 2.28. The van der Waals surface area contributed by atoms with Crippen LogP contribution in [0.15, 0.2) is 24.3 Å². The monoisotopic (exact) mass is 287 g/mol. The van der Waals surface area contributed by atoms with E-state index in [9.17, 15) is 9.59 Å². The average Bonchev–Trinajstić information content (AvgIpc) is 2.38. The lowest BCUT2D eigenvalue weighted by Crippen LogP contribution is -2.26. The predicted molar refractivity (Wildman–Crippen MR) is 67.4 cm³/mol. The molecule has 0 saturated heterocycles. The van der Waals surface area contributed by atoms with E-state index in [-0.39, 0.29) is 24.6 Å². The smallest absolute Gasteiger partial charge is 0.391 e. The molecule has 19 heavy (non-hydrogen) atoms. The van der Waals surface area contributed by atoms with Gasteiger partial charge in [-0.05, 0) is 24.3 Å². The minimum absolute atomic E-state index is 0.1000. The molecule has 0 spiro atoms. The summed E-state index contributed by atoms with van der Waals surface area (Å²) in [5.74, 6) is -0.490. The zero-order valence-corrected chi connectivity index (χ0v) is 11.1. The Morgan fingerprint density at radius 1 is 1.26 bits per heavy atom. The summed E-state index contributed by atoms with van der Waals surface area (Å²) in [4.78, 5) is 39.8. The average molecular weight is 287 g/mol. The fourth-order valence-electron chi connectivity index (χ4n) is 1.24. The van der Waals surface area contributed by atoms with Crippen LogP contribution in [0.4, 0.5) is 0 Å². The van der Waals surface area contributed by atoms with Gasteiger partial charge in [0.05, 0.1) is 13.5 Å². The van der Waals surface area contributed by atoms with Gasteiger partial charge < -0.3 is 24.4 Å². The Kier molecular flexibility index (Phi) is 6.21. The Labute approximate surface area is 111 Å². The highest BCUT2D eigenvalue weighted by molar-refractivity contribution is 7.39. The third-order valence-electron chi connectivity index (χ3n) is 2.15. The highest BCUT2D eigenvalue weighted by atomic mass is 31.2. The van der Waals surface area contributed by atoms with Crippen molar-refractivity contribution in [3.8, 4) is 5.75 Å². The summed E-state index contributed by atoms with van der Waals surface area (Å²) in [6.07, 6.45) is 0.1000. The maximum Gasteiger partial charge on any atom is 0.391 e. The molecule has 0 unspecified atom stereocenters. The van der Waals surface area contributed by atoms with E-state index in [1.165, 1.54) is 31.4 Å². The van der Waals surface area contributed by atoms with Gasteiger partial charge in [-0.2, -0.15) is 0 Å². The van der Waals surface area contributed by atoms with Crippen molar-refractivity contribution in [3.63, 3.8) is 0 Å². The van der Waals surface area contributed by atoms with Crippen molar-refractivity contribution in [1.82, 2.24) is 5.32 Å². The van der Waals surface area contributed by atoms with Crippen molar-refractivity contribution in [2.45, 2.75) is 6.42 Å². The molecule has 1 rings (SSSR count). The van der Waals surface area contributed by atoms with Gasteiger partial charge in [0.25, 0.3) is 5.91 Å². The van der Waals surface area contributed by atoms with Crippen LogP contribution in [0.2, 0.25) is 0 Å². The van der Waals surface area contributed by atoms with Crippen molar-refractivity contribution >= 4 is 20.5 Å². The molecule has 1 amide bonds. The molecule has 8 heteroatoms. The van der Waals surface area contributed by atoms with Crippen molar-refractivity contribution in [2.75, 3.05) is 13.7 Å². The topological polar surface area (TPSA) is 105 Å². The molecule has 0 aliphatic carbocycles. The molecule has 0 atom stereocenters. The first-order chi connectivity index (χ1) is 9.02. The summed E-state index contributed by atoms with van der Waals surface area (Å²) in [7, 11) is -1.19. The number of rotatable bonds is 6. The van der Waals surface area contributed by atoms with Crippen molar-refractivity contribution in [3.05, 3.63) is 29.8 Å². The second-order valence-corrected chi connectivity index (χ2v) is 4.14. The number of amides is 1. The summed E-state index contributed by atoms with van der Waals surface area (Å²) >= 11 is 0. The standard InChI is InChI=1S/C11H14NO6P/c1-17-10(13)6-7-12-11(14)8-2-4-9(5-3-8)18-19(15)16/h2-5,15-16H,6-7H2,1H3,(H,12,14). The van der Waals surface area contributed by atoms with Crippen LogP contribution in [0.25, 0.3) is 0 Å². The van der Waals surface area contributed by atoms with Crippen LogP contribution in [0.1, 0.15) is 16.8 Å². The molecule has 0 fully saturated rings. The largest absolute Gasteiger partial charge is 0.469 e. The van der Waals surface area contributed by atoms with Crippen LogP contribution in [0.5, 0.6) is 5.75 Å². The predicted octanol–water partition coefficient (Wildman–Crippen LogP) is 0.570. The Balaban J connectivity index is 2.46. The van der Waals surface area contributed by atoms with Gasteiger partial charge in [-0.3, -0.25) is 9.59 Å². The van der Waals surface area contributed by atoms with E-state index in [0.717, 1.165) is 0 Å². The molecule has 0 bridgehead atoms. The molecule has 0 radical (unpaired) electrons. The first-order valence-corrected chi connectivity index (χ1v) is 6.50. The van der Waals surface area contributed by atoms with Crippen LogP contribution in [0.3, 0.4) is 0 Å². The molecule has 0 aliphatic rings. The molecular weight excluding hydrogens is 273 g/mol. The van der Waals surface area contributed by atoms with Gasteiger partial charge in [-0.1, -0.05) is 0 Å². The summed E-state index contributed by atoms with van der Waals surface area (Å²) in [6, 6.07) is 5.83. The van der Waals surface area contributed by atoms with Gasteiger partial charge in [0.15, 0.2) is 0 Å². The zero-order chi connectivity index (χ0) is 14.3. The third-order valence-corrected chi connectivity index (χ3v) is 2.52. The van der Waals surface area contributed by atoms with Gasteiger partial charge >= 0.3 is 14.6 Å². The first-order valence-electron chi connectivity index (χ1n) is 5.34. The Morgan fingerprint density at radius 2 is 1.89 bits per heavy atom. The van der Waals surface area contributed by atoms with Crippen LogP contribution in [0, 0.1) is 0 Å². The molecule has 1 aromatic rings. The highest BCUT2D eigenvalue weighted by Gasteiger charge is 2.08. The van der Waals surface area contributed by atoms with E-state index in [4.69, 9.17) is 9.79 Å². The molecular formula is C11H14NO6P. The Morgan fingerprint density at radius 3 is 2.42 bits per heavy atom. The van der Waals surface area contributed by atoms with Crippen LogP contribution in [-0.4, -0.2) is 35.3 Å². The number of ether oxygens (including phenoxy) is 1. The summed E-state index contributed by atoms with van der Waals surface area (Å²) in [5.41, 5.74) is 0.373. The molecule has 0 aromatic heterocycles. The molecule has 1 aromatic carbocycles. The summed E-state index contributed by atoms with van der Waals surface area (Å²) in [5, 5.41) is 2.55. The van der Waals surface area contributed by atoms with E-state index in [1.807, 2.05) is 0 Å². The van der Waals surface area contributed by atoms with Crippen LogP contribution >= 0.6 is 8.60 Å². The molecule has 0 aliphatic heterocycles. The fourth-order valence-corrected chi connectivity index (χ4v) is 1.55. The third kappa shape index (κ3) is 5.65. The number of benzene rings is 1. The maximum absolute atomic E-state index is 11.6. The van der Waals surface area contributed by atoms with E-state index < -0.39 is 14.6 Å².